The summed E-state index contributed by atoms with van der Waals surface area (Å²) < 4.78 is 7.85. The first-order valence-electron chi connectivity index (χ1n) is 9.94. The molecule has 3 aromatic rings. The summed E-state index contributed by atoms with van der Waals surface area (Å²) in [6, 6.07) is 11.0. The molecule has 1 unspecified atom stereocenters. The number of hydrogen-bond donors (Lipinski definition) is 1. The maximum absolute atomic E-state index is 12.5. The van der Waals surface area contributed by atoms with Crippen molar-refractivity contribution in [3.8, 4) is 5.75 Å². The van der Waals surface area contributed by atoms with E-state index in [-0.39, 0.29) is 11.7 Å². The summed E-state index contributed by atoms with van der Waals surface area (Å²) in [5.74, 6) is 1.18. The molecule has 9 heteroatoms. The Morgan fingerprint density at radius 3 is 2.75 bits per heavy atom. The number of aryl methyl sites for hydroxylation is 2. The highest BCUT2D eigenvalue weighted by atomic mass is 35.5. The molecule has 1 heterocycles. The Morgan fingerprint density at radius 1 is 1.25 bits per heavy atom. The van der Waals surface area contributed by atoms with E-state index in [2.05, 4.69) is 22.1 Å². The molecule has 0 spiro atoms. The molecule has 2 aromatic carbocycles. The third-order valence-corrected chi connectivity index (χ3v) is 6.12. The van der Waals surface area contributed by atoms with Crippen molar-refractivity contribution in [1.29, 1.82) is 0 Å². The summed E-state index contributed by atoms with van der Waals surface area (Å²) in [6.45, 7) is 10.1. The Morgan fingerprint density at radius 2 is 2.03 bits per heavy atom. The summed E-state index contributed by atoms with van der Waals surface area (Å²) in [5.41, 5.74) is 2.91. The van der Waals surface area contributed by atoms with Gasteiger partial charge in [-0.15, -0.1) is 16.8 Å². The molecule has 0 aliphatic rings. The van der Waals surface area contributed by atoms with Gasteiger partial charge in [0.1, 0.15) is 5.75 Å². The zero-order valence-corrected chi connectivity index (χ0v) is 20.4. The maximum Gasteiger partial charge on any atom is 0.234 e. The summed E-state index contributed by atoms with van der Waals surface area (Å²) in [5, 5.41) is 13.1. The van der Waals surface area contributed by atoms with Gasteiger partial charge in [0.05, 0.1) is 10.8 Å². The lowest BCUT2D eigenvalue weighted by Gasteiger charge is -2.16. The van der Waals surface area contributed by atoms with Crippen molar-refractivity contribution >= 4 is 46.6 Å². The average Bonchev–Trinajstić information content (AvgIpc) is 3.14. The van der Waals surface area contributed by atoms with E-state index in [1.165, 1.54) is 11.8 Å². The second-order valence-corrected chi connectivity index (χ2v) is 9.02. The number of nitrogens with one attached hydrogen (secondary N) is 1. The largest absolute Gasteiger partial charge is 0.481 e. The first-order valence-corrected chi connectivity index (χ1v) is 11.7. The van der Waals surface area contributed by atoms with E-state index in [1.54, 1.807) is 24.3 Å². The van der Waals surface area contributed by atoms with Gasteiger partial charge < -0.3 is 10.1 Å². The number of amides is 1. The monoisotopic (exact) mass is 490 g/mol. The van der Waals surface area contributed by atoms with Gasteiger partial charge >= 0.3 is 0 Å². The Kier molecular flexibility index (Phi) is 8.23. The van der Waals surface area contributed by atoms with Crippen molar-refractivity contribution in [2.24, 2.45) is 0 Å². The van der Waals surface area contributed by atoms with Gasteiger partial charge in [0.15, 0.2) is 17.1 Å². The highest BCUT2D eigenvalue weighted by Crippen LogP contribution is 2.32. The molecule has 0 saturated heterocycles. The second kappa shape index (κ2) is 10.9. The predicted octanol–water partition coefficient (Wildman–Crippen LogP) is 6.26. The minimum atomic E-state index is -0.431. The van der Waals surface area contributed by atoms with Crippen molar-refractivity contribution in [1.82, 2.24) is 14.8 Å². The van der Waals surface area contributed by atoms with Crippen LogP contribution in [0, 0.1) is 13.8 Å². The van der Waals surface area contributed by atoms with Crippen LogP contribution in [0.1, 0.15) is 30.0 Å². The van der Waals surface area contributed by atoms with Gasteiger partial charge in [0.2, 0.25) is 5.91 Å². The van der Waals surface area contributed by atoms with Crippen LogP contribution < -0.4 is 10.1 Å². The summed E-state index contributed by atoms with van der Waals surface area (Å²) in [4.78, 5) is 12.5. The normalized spacial score (nSPS) is 11.8. The summed E-state index contributed by atoms with van der Waals surface area (Å²) >= 11 is 13.5. The maximum atomic E-state index is 12.5. The van der Waals surface area contributed by atoms with Gasteiger partial charge in [0.25, 0.3) is 0 Å². The highest BCUT2D eigenvalue weighted by molar-refractivity contribution is 7.99. The summed E-state index contributed by atoms with van der Waals surface area (Å²) in [7, 11) is 0. The standard InChI is InChI=1S/C23H24Cl2N4O2S/c1-5-10-29-22(16(4)31-20-9-8-17(24)12-18(20)25)27-28-23(29)32-13-21(30)26-19-11-14(2)6-7-15(19)3/h5-9,11-12,16H,1,10,13H2,2-4H3,(H,26,30). The fraction of sp³-hybridized carbons (Fsp3) is 0.261. The third-order valence-electron chi connectivity index (χ3n) is 4.62. The van der Waals surface area contributed by atoms with E-state index in [0.29, 0.717) is 33.3 Å². The highest BCUT2D eigenvalue weighted by Gasteiger charge is 2.20. The van der Waals surface area contributed by atoms with Crippen LogP contribution >= 0.6 is 35.0 Å². The molecule has 0 saturated carbocycles. The number of benzene rings is 2. The van der Waals surface area contributed by atoms with Crippen LogP contribution in [0.2, 0.25) is 10.0 Å². The van der Waals surface area contributed by atoms with E-state index in [9.17, 15) is 4.79 Å². The smallest absolute Gasteiger partial charge is 0.234 e. The Bertz CT molecular complexity index is 1130. The van der Waals surface area contributed by atoms with Gasteiger partial charge in [-0.25, -0.2) is 0 Å². The van der Waals surface area contributed by atoms with E-state index in [1.807, 2.05) is 43.5 Å². The number of ether oxygens (including phenoxy) is 1. The molecule has 1 amide bonds. The molecule has 6 nitrogen and oxygen atoms in total. The molecule has 0 fully saturated rings. The average molecular weight is 491 g/mol. The van der Waals surface area contributed by atoms with Crippen LogP contribution in [0.3, 0.4) is 0 Å². The molecule has 1 N–H and O–H groups in total. The lowest BCUT2D eigenvalue weighted by Crippen LogP contribution is -2.16. The van der Waals surface area contributed by atoms with Gasteiger partial charge in [0, 0.05) is 17.3 Å². The van der Waals surface area contributed by atoms with Crippen molar-refractivity contribution in [3.63, 3.8) is 0 Å². The van der Waals surface area contributed by atoms with Crippen LogP contribution in [-0.4, -0.2) is 26.4 Å². The third kappa shape index (κ3) is 6.06. The molecule has 0 aliphatic heterocycles. The number of carbonyl (C=O) groups is 1. The SMILES string of the molecule is C=CCn1c(SCC(=O)Nc2cc(C)ccc2C)nnc1C(C)Oc1ccc(Cl)cc1Cl. The molecule has 0 bridgehead atoms. The molecule has 32 heavy (non-hydrogen) atoms. The van der Waals surface area contributed by atoms with Crippen LogP contribution in [-0.2, 0) is 11.3 Å². The van der Waals surface area contributed by atoms with Gasteiger partial charge in [-0.3, -0.25) is 9.36 Å². The van der Waals surface area contributed by atoms with Crippen molar-refractivity contribution < 1.29 is 9.53 Å². The fourth-order valence-corrected chi connectivity index (χ4v) is 4.22. The number of thioether (sulfide) groups is 1. The number of nitrogens with zero attached hydrogens (tertiary/aromatic N) is 3. The number of carbonyl (C=O) groups excluding carboxylic acids is 1. The second-order valence-electron chi connectivity index (χ2n) is 7.23. The van der Waals surface area contributed by atoms with Gasteiger partial charge in [-0.1, -0.05) is 53.2 Å². The van der Waals surface area contributed by atoms with E-state index in [4.69, 9.17) is 27.9 Å². The lowest BCUT2D eigenvalue weighted by atomic mass is 10.1. The van der Waals surface area contributed by atoms with Crippen molar-refractivity contribution in [2.45, 2.75) is 38.6 Å². The number of aromatic nitrogens is 3. The van der Waals surface area contributed by atoms with Crippen molar-refractivity contribution in [3.05, 3.63) is 76.0 Å². The Labute approximate surface area is 202 Å². The molecule has 3 rings (SSSR count). The number of halogens is 2. The minimum Gasteiger partial charge on any atom is -0.481 e. The van der Waals surface area contributed by atoms with Crippen LogP contribution in [0.25, 0.3) is 0 Å². The quantitative estimate of drug-likeness (QED) is 0.283. The van der Waals surface area contributed by atoms with E-state index >= 15 is 0 Å². The minimum absolute atomic E-state index is 0.115. The number of rotatable bonds is 9. The van der Waals surface area contributed by atoms with Gasteiger partial charge in [-0.05, 0) is 56.2 Å². The molecule has 0 aliphatic carbocycles. The van der Waals surface area contributed by atoms with Crippen LogP contribution in [0.5, 0.6) is 5.75 Å². The van der Waals surface area contributed by atoms with Crippen molar-refractivity contribution in [2.75, 3.05) is 11.1 Å². The lowest BCUT2D eigenvalue weighted by molar-refractivity contribution is -0.113. The molecular formula is C23H24Cl2N4O2S. The Balaban J connectivity index is 1.70. The first kappa shape index (κ1) is 24.2. The molecule has 168 valence electrons. The first-order chi connectivity index (χ1) is 15.3. The van der Waals surface area contributed by atoms with Crippen LogP contribution in [0.4, 0.5) is 5.69 Å². The number of hydrogen-bond acceptors (Lipinski definition) is 5. The number of anilines is 1. The topological polar surface area (TPSA) is 69.0 Å². The Hall–Kier alpha value is -2.48. The summed E-state index contributed by atoms with van der Waals surface area (Å²) in [6.07, 6.45) is 1.31. The zero-order chi connectivity index (χ0) is 23.3. The predicted molar refractivity (Wildman–Crippen MR) is 131 cm³/mol. The van der Waals surface area contributed by atoms with Crippen LogP contribution in [0.15, 0.2) is 54.2 Å². The van der Waals surface area contributed by atoms with E-state index in [0.717, 1.165) is 16.8 Å². The molecule has 0 radical (unpaired) electrons. The molecule has 1 atom stereocenters. The molecular weight excluding hydrogens is 467 g/mol. The van der Waals surface area contributed by atoms with Gasteiger partial charge in [-0.2, -0.15) is 0 Å². The van der Waals surface area contributed by atoms with E-state index < -0.39 is 6.10 Å². The molecule has 1 aromatic heterocycles. The zero-order valence-electron chi connectivity index (χ0n) is 18.1. The number of allylic oxidation sites excluding steroid dienone is 1. The fourth-order valence-electron chi connectivity index (χ4n) is 3.01.